The number of nitrogens with one attached hydrogen (secondary N) is 1. The van der Waals surface area contributed by atoms with Crippen molar-refractivity contribution in [2.45, 2.75) is 38.3 Å². The Hall–Kier alpha value is -2.83. The van der Waals surface area contributed by atoms with E-state index in [4.69, 9.17) is 4.74 Å². The number of ether oxygens (including phenoxy) is 1. The SMILES string of the molecule is Cn1cc(CNC(=O)c2cccc(OC3CCN(C(=O)C4CC4)CC3)c2)cn1. The summed E-state index contributed by atoms with van der Waals surface area (Å²) in [6.45, 7) is 1.95. The number of piperidine rings is 1. The Morgan fingerprint density at radius 1 is 1.21 bits per heavy atom. The lowest BCUT2D eigenvalue weighted by Crippen LogP contribution is -2.42. The minimum absolute atomic E-state index is 0.0805. The number of amides is 2. The van der Waals surface area contributed by atoms with Gasteiger partial charge in [0.05, 0.1) is 6.20 Å². The molecule has 1 saturated heterocycles. The molecule has 2 aliphatic rings. The van der Waals surface area contributed by atoms with Crippen molar-refractivity contribution < 1.29 is 14.3 Å². The predicted molar refractivity (Wildman–Crippen MR) is 104 cm³/mol. The highest BCUT2D eigenvalue weighted by molar-refractivity contribution is 5.94. The number of rotatable bonds is 6. The smallest absolute Gasteiger partial charge is 0.251 e. The first-order chi connectivity index (χ1) is 13.6. The molecule has 4 rings (SSSR count). The van der Waals surface area contributed by atoms with Gasteiger partial charge in [-0.3, -0.25) is 14.3 Å². The summed E-state index contributed by atoms with van der Waals surface area (Å²) < 4.78 is 7.79. The molecule has 0 unspecified atom stereocenters. The van der Waals surface area contributed by atoms with E-state index < -0.39 is 0 Å². The Balaban J connectivity index is 1.28. The van der Waals surface area contributed by atoms with Crippen LogP contribution in [-0.2, 0) is 18.4 Å². The van der Waals surface area contributed by atoms with E-state index >= 15 is 0 Å². The van der Waals surface area contributed by atoms with Gasteiger partial charge in [0.25, 0.3) is 5.91 Å². The fourth-order valence-electron chi connectivity index (χ4n) is 3.53. The second kappa shape index (κ2) is 8.04. The van der Waals surface area contributed by atoms with Crippen LogP contribution in [0, 0.1) is 5.92 Å². The van der Waals surface area contributed by atoms with Crippen LogP contribution in [0.25, 0.3) is 0 Å². The van der Waals surface area contributed by atoms with Gasteiger partial charge in [-0.2, -0.15) is 5.10 Å². The van der Waals surface area contributed by atoms with Crippen LogP contribution in [0.1, 0.15) is 41.6 Å². The van der Waals surface area contributed by atoms with Crippen molar-refractivity contribution in [3.05, 3.63) is 47.8 Å². The summed E-state index contributed by atoms with van der Waals surface area (Å²) in [6, 6.07) is 7.27. The third-order valence-electron chi connectivity index (χ3n) is 5.29. The molecule has 1 aliphatic carbocycles. The number of carbonyl (C=O) groups excluding carboxylic acids is 2. The highest BCUT2D eigenvalue weighted by atomic mass is 16.5. The highest BCUT2D eigenvalue weighted by Crippen LogP contribution is 2.32. The molecule has 1 N–H and O–H groups in total. The molecule has 1 aromatic carbocycles. The first-order valence-electron chi connectivity index (χ1n) is 9.90. The molecule has 2 heterocycles. The summed E-state index contributed by atoms with van der Waals surface area (Å²) >= 11 is 0. The Labute approximate surface area is 164 Å². The molecule has 0 bridgehead atoms. The van der Waals surface area contributed by atoms with Gasteiger partial charge in [-0.05, 0) is 31.0 Å². The largest absolute Gasteiger partial charge is 0.490 e. The summed E-state index contributed by atoms with van der Waals surface area (Å²) in [5.41, 5.74) is 1.53. The van der Waals surface area contributed by atoms with Gasteiger partial charge in [-0.25, -0.2) is 0 Å². The van der Waals surface area contributed by atoms with Crippen LogP contribution in [0.15, 0.2) is 36.7 Å². The van der Waals surface area contributed by atoms with Crippen molar-refractivity contribution in [2.75, 3.05) is 13.1 Å². The van der Waals surface area contributed by atoms with Crippen molar-refractivity contribution in [1.29, 1.82) is 0 Å². The van der Waals surface area contributed by atoms with E-state index in [2.05, 4.69) is 10.4 Å². The first-order valence-corrected chi connectivity index (χ1v) is 9.90. The summed E-state index contributed by atoms with van der Waals surface area (Å²) in [6.07, 6.45) is 7.44. The van der Waals surface area contributed by atoms with E-state index in [1.54, 1.807) is 23.0 Å². The van der Waals surface area contributed by atoms with Gasteiger partial charge in [-0.1, -0.05) is 6.07 Å². The number of hydrogen-bond acceptors (Lipinski definition) is 4. The maximum absolute atomic E-state index is 12.4. The standard InChI is InChI=1S/C21H26N4O3/c1-24-14-15(13-23-24)12-22-20(26)17-3-2-4-19(11-17)28-18-7-9-25(10-8-18)21(27)16-5-6-16/h2-4,11,13-14,16,18H,5-10,12H2,1H3,(H,22,26). The number of likely N-dealkylation sites (tertiary alicyclic amines) is 1. The van der Waals surface area contributed by atoms with Crippen LogP contribution in [0.3, 0.4) is 0 Å². The van der Waals surface area contributed by atoms with Gasteiger partial charge in [0.2, 0.25) is 5.91 Å². The summed E-state index contributed by atoms with van der Waals surface area (Å²) in [5, 5.41) is 7.00. The average Bonchev–Trinajstić information content (AvgIpc) is 3.48. The summed E-state index contributed by atoms with van der Waals surface area (Å²) in [5.74, 6) is 1.14. The lowest BCUT2D eigenvalue weighted by molar-refractivity contribution is -0.134. The zero-order chi connectivity index (χ0) is 19.5. The minimum atomic E-state index is -0.140. The van der Waals surface area contributed by atoms with Gasteiger partial charge < -0.3 is 15.0 Å². The van der Waals surface area contributed by atoms with Crippen LogP contribution in [-0.4, -0.2) is 45.7 Å². The van der Waals surface area contributed by atoms with Gasteiger partial charge in [0.15, 0.2) is 0 Å². The molecule has 2 amide bonds. The first kappa shape index (κ1) is 18.5. The molecular formula is C21H26N4O3. The Morgan fingerprint density at radius 3 is 2.68 bits per heavy atom. The normalized spacial score (nSPS) is 17.4. The zero-order valence-corrected chi connectivity index (χ0v) is 16.1. The van der Waals surface area contributed by atoms with Gasteiger partial charge in [0, 0.05) is 62.8 Å². The van der Waals surface area contributed by atoms with Crippen molar-refractivity contribution in [1.82, 2.24) is 20.0 Å². The molecule has 1 saturated carbocycles. The summed E-state index contributed by atoms with van der Waals surface area (Å²) in [7, 11) is 1.85. The van der Waals surface area contributed by atoms with Gasteiger partial charge in [-0.15, -0.1) is 0 Å². The van der Waals surface area contributed by atoms with Crippen molar-refractivity contribution in [3.8, 4) is 5.75 Å². The van der Waals surface area contributed by atoms with E-state index in [-0.39, 0.29) is 17.9 Å². The minimum Gasteiger partial charge on any atom is -0.490 e. The van der Waals surface area contributed by atoms with E-state index in [0.29, 0.717) is 23.8 Å². The quantitative estimate of drug-likeness (QED) is 0.830. The molecule has 0 radical (unpaired) electrons. The molecule has 7 nitrogen and oxygen atoms in total. The van der Waals surface area contributed by atoms with E-state index in [0.717, 1.165) is 44.3 Å². The monoisotopic (exact) mass is 382 g/mol. The topological polar surface area (TPSA) is 76.5 Å². The fraction of sp³-hybridized carbons (Fsp3) is 0.476. The maximum Gasteiger partial charge on any atom is 0.251 e. The van der Waals surface area contributed by atoms with Crippen LogP contribution in [0.4, 0.5) is 0 Å². The van der Waals surface area contributed by atoms with Crippen LogP contribution in [0.2, 0.25) is 0 Å². The van der Waals surface area contributed by atoms with Crippen molar-refractivity contribution in [2.24, 2.45) is 13.0 Å². The number of aromatic nitrogens is 2. The second-order valence-corrected chi connectivity index (χ2v) is 7.65. The second-order valence-electron chi connectivity index (χ2n) is 7.65. The predicted octanol–water partition coefficient (Wildman–Crippen LogP) is 2.13. The molecule has 2 aromatic rings. The van der Waals surface area contributed by atoms with E-state index in [1.807, 2.05) is 30.3 Å². The molecule has 1 aliphatic heterocycles. The van der Waals surface area contributed by atoms with Gasteiger partial charge in [0.1, 0.15) is 11.9 Å². The maximum atomic E-state index is 12.4. The van der Waals surface area contributed by atoms with Crippen molar-refractivity contribution >= 4 is 11.8 Å². The molecule has 148 valence electrons. The Bertz CT molecular complexity index is 851. The van der Waals surface area contributed by atoms with Gasteiger partial charge >= 0.3 is 0 Å². The lowest BCUT2D eigenvalue weighted by atomic mass is 10.1. The highest BCUT2D eigenvalue weighted by Gasteiger charge is 2.35. The molecule has 7 heteroatoms. The Morgan fingerprint density at radius 2 is 2.00 bits per heavy atom. The number of carbonyl (C=O) groups is 2. The number of nitrogens with zero attached hydrogens (tertiary/aromatic N) is 3. The summed E-state index contributed by atoms with van der Waals surface area (Å²) in [4.78, 5) is 26.5. The van der Waals surface area contributed by atoms with Crippen LogP contribution < -0.4 is 10.1 Å². The van der Waals surface area contributed by atoms with Crippen LogP contribution in [0.5, 0.6) is 5.75 Å². The number of benzene rings is 1. The fourth-order valence-corrected chi connectivity index (χ4v) is 3.53. The Kier molecular flexibility index (Phi) is 5.32. The van der Waals surface area contributed by atoms with Crippen molar-refractivity contribution in [3.63, 3.8) is 0 Å². The average molecular weight is 382 g/mol. The third kappa shape index (κ3) is 4.52. The molecular weight excluding hydrogens is 356 g/mol. The lowest BCUT2D eigenvalue weighted by Gasteiger charge is -2.32. The number of hydrogen-bond donors (Lipinski definition) is 1. The molecule has 0 spiro atoms. The molecule has 1 aromatic heterocycles. The van der Waals surface area contributed by atoms with Crippen LogP contribution >= 0.6 is 0 Å². The molecule has 28 heavy (non-hydrogen) atoms. The van der Waals surface area contributed by atoms with E-state index in [9.17, 15) is 9.59 Å². The van der Waals surface area contributed by atoms with E-state index in [1.165, 1.54) is 0 Å². The molecule has 0 atom stereocenters. The number of aryl methyl sites for hydroxylation is 1. The third-order valence-corrected chi connectivity index (χ3v) is 5.29. The zero-order valence-electron chi connectivity index (χ0n) is 16.1. The molecule has 2 fully saturated rings.